The minimum atomic E-state index is -3.20. The summed E-state index contributed by atoms with van der Waals surface area (Å²) in [6.45, 7) is 5.11. The van der Waals surface area contributed by atoms with Crippen LogP contribution >= 0.6 is 0 Å². The largest absolute Gasteiger partial charge is 0.478 e. The first-order valence-electron chi connectivity index (χ1n) is 5.29. The van der Waals surface area contributed by atoms with Gasteiger partial charge in [-0.1, -0.05) is 11.1 Å². The Balaban J connectivity index is 2.72. The number of hydrogen-bond donors (Lipinski definition) is 1. The molecular weight excluding hydrogens is 240 g/mol. The molecule has 0 bridgehead atoms. The SMILES string of the molecule is CC1=CC(C(=O)O)=C(C)C2=C(C)CS(=O)(=O)C12. The van der Waals surface area contributed by atoms with Gasteiger partial charge in [0.15, 0.2) is 9.84 Å². The molecule has 0 aromatic rings. The van der Waals surface area contributed by atoms with Crippen molar-refractivity contribution in [1.29, 1.82) is 0 Å². The molecule has 0 aromatic carbocycles. The maximum Gasteiger partial charge on any atom is 0.335 e. The van der Waals surface area contributed by atoms with Crippen molar-refractivity contribution in [2.75, 3.05) is 5.75 Å². The summed E-state index contributed by atoms with van der Waals surface area (Å²) in [7, 11) is -3.20. The van der Waals surface area contributed by atoms with E-state index in [1.54, 1.807) is 20.8 Å². The fourth-order valence-corrected chi connectivity index (χ4v) is 4.97. The van der Waals surface area contributed by atoms with E-state index in [1.165, 1.54) is 6.08 Å². The fourth-order valence-electron chi connectivity index (χ4n) is 2.67. The van der Waals surface area contributed by atoms with Gasteiger partial charge in [-0.2, -0.15) is 0 Å². The summed E-state index contributed by atoms with van der Waals surface area (Å²) < 4.78 is 24.0. The van der Waals surface area contributed by atoms with Gasteiger partial charge in [0, 0.05) is 0 Å². The maximum absolute atomic E-state index is 12.0. The zero-order chi connectivity index (χ0) is 13.0. The average molecular weight is 254 g/mol. The summed E-state index contributed by atoms with van der Waals surface area (Å²) in [5.41, 5.74) is 2.82. The molecule has 1 atom stereocenters. The summed E-state index contributed by atoms with van der Waals surface area (Å²) in [6.07, 6.45) is 1.47. The summed E-state index contributed by atoms with van der Waals surface area (Å²) >= 11 is 0. The summed E-state index contributed by atoms with van der Waals surface area (Å²) in [6, 6.07) is 0. The predicted molar refractivity (Wildman–Crippen MR) is 64.4 cm³/mol. The molecule has 0 amide bonds. The van der Waals surface area contributed by atoms with Crippen molar-refractivity contribution in [1.82, 2.24) is 0 Å². The fraction of sp³-hybridized carbons (Fsp3) is 0.417. The van der Waals surface area contributed by atoms with Gasteiger partial charge >= 0.3 is 5.97 Å². The molecule has 0 fully saturated rings. The molecule has 1 N–H and O–H groups in total. The zero-order valence-corrected chi connectivity index (χ0v) is 10.8. The van der Waals surface area contributed by atoms with Crippen molar-refractivity contribution in [3.63, 3.8) is 0 Å². The number of hydrogen-bond acceptors (Lipinski definition) is 3. The van der Waals surface area contributed by atoms with Gasteiger partial charge in [0.2, 0.25) is 0 Å². The first-order chi connectivity index (χ1) is 7.75. The molecule has 1 aliphatic carbocycles. The lowest BCUT2D eigenvalue weighted by Crippen LogP contribution is -2.25. The molecule has 0 spiro atoms. The highest BCUT2D eigenvalue weighted by molar-refractivity contribution is 7.93. The monoisotopic (exact) mass is 254 g/mol. The molecule has 0 radical (unpaired) electrons. The van der Waals surface area contributed by atoms with Crippen LogP contribution < -0.4 is 0 Å². The van der Waals surface area contributed by atoms with Gasteiger partial charge in [-0.25, -0.2) is 13.2 Å². The van der Waals surface area contributed by atoms with E-state index >= 15 is 0 Å². The molecule has 5 heteroatoms. The van der Waals surface area contributed by atoms with Crippen LogP contribution in [0.3, 0.4) is 0 Å². The standard InChI is InChI=1S/C12H14O4S/c1-6-4-9(12(13)14)8(3)10-7(2)5-17(15,16)11(6)10/h4,11H,5H2,1-3H3,(H,13,14). The Labute approximate surface area is 100 Å². The summed E-state index contributed by atoms with van der Waals surface area (Å²) in [4.78, 5) is 11.1. The van der Waals surface area contributed by atoms with Crippen molar-refractivity contribution in [3.05, 3.63) is 33.9 Å². The number of aliphatic carboxylic acids is 1. The van der Waals surface area contributed by atoms with E-state index in [9.17, 15) is 13.2 Å². The molecule has 1 aliphatic heterocycles. The van der Waals surface area contributed by atoms with Gasteiger partial charge in [-0.3, -0.25) is 0 Å². The quantitative estimate of drug-likeness (QED) is 0.769. The first kappa shape index (κ1) is 12.1. The molecule has 2 rings (SSSR count). The van der Waals surface area contributed by atoms with Crippen molar-refractivity contribution in [2.24, 2.45) is 0 Å². The number of sulfone groups is 1. The van der Waals surface area contributed by atoms with Crippen LogP contribution in [0.5, 0.6) is 0 Å². The number of carboxylic acids is 1. The highest BCUT2D eigenvalue weighted by Crippen LogP contribution is 2.40. The van der Waals surface area contributed by atoms with E-state index < -0.39 is 21.1 Å². The van der Waals surface area contributed by atoms with Crippen molar-refractivity contribution >= 4 is 15.8 Å². The van der Waals surface area contributed by atoms with Crippen LogP contribution in [-0.4, -0.2) is 30.5 Å². The predicted octanol–water partition coefficient (Wildman–Crippen LogP) is 1.46. The van der Waals surface area contributed by atoms with Crippen molar-refractivity contribution in [3.8, 4) is 0 Å². The normalized spacial score (nSPS) is 27.0. The number of fused-ring (bicyclic) bond motifs is 1. The molecule has 0 saturated heterocycles. The number of allylic oxidation sites excluding steroid dienone is 1. The maximum atomic E-state index is 12.0. The third kappa shape index (κ3) is 1.65. The lowest BCUT2D eigenvalue weighted by Gasteiger charge is -2.22. The second kappa shape index (κ2) is 3.57. The van der Waals surface area contributed by atoms with Crippen LogP contribution in [0.15, 0.2) is 33.9 Å². The van der Waals surface area contributed by atoms with Crippen LogP contribution in [0.1, 0.15) is 20.8 Å². The summed E-state index contributed by atoms with van der Waals surface area (Å²) in [5, 5.41) is 8.45. The van der Waals surface area contributed by atoms with Crippen LogP contribution in [0.25, 0.3) is 0 Å². The van der Waals surface area contributed by atoms with Crippen LogP contribution in [-0.2, 0) is 14.6 Å². The highest BCUT2D eigenvalue weighted by Gasteiger charge is 2.41. The smallest absolute Gasteiger partial charge is 0.335 e. The molecule has 1 heterocycles. The van der Waals surface area contributed by atoms with Crippen LogP contribution in [0.2, 0.25) is 0 Å². The van der Waals surface area contributed by atoms with Gasteiger partial charge < -0.3 is 5.11 Å². The number of carboxylic acid groups (broad SMARTS) is 1. The topological polar surface area (TPSA) is 71.4 Å². The molecule has 4 nitrogen and oxygen atoms in total. The van der Waals surface area contributed by atoms with E-state index in [1.807, 2.05) is 0 Å². The third-order valence-corrected chi connectivity index (χ3v) is 5.48. The lowest BCUT2D eigenvalue weighted by molar-refractivity contribution is -0.132. The highest BCUT2D eigenvalue weighted by atomic mass is 32.2. The van der Waals surface area contributed by atoms with Crippen LogP contribution in [0, 0.1) is 0 Å². The van der Waals surface area contributed by atoms with E-state index in [2.05, 4.69) is 0 Å². The second-order valence-corrected chi connectivity index (χ2v) is 6.70. The average Bonchev–Trinajstić information content (AvgIpc) is 2.42. The molecular formula is C12H14O4S. The molecule has 0 aromatic heterocycles. The Morgan fingerprint density at radius 3 is 2.47 bits per heavy atom. The Bertz CT molecular complexity index is 602. The first-order valence-corrected chi connectivity index (χ1v) is 7.01. The Morgan fingerprint density at radius 2 is 1.94 bits per heavy atom. The van der Waals surface area contributed by atoms with E-state index in [0.29, 0.717) is 16.7 Å². The van der Waals surface area contributed by atoms with Gasteiger partial charge in [0.05, 0.1) is 11.3 Å². The molecule has 2 aliphatic rings. The lowest BCUT2D eigenvalue weighted by atomic mass is 9.86. The van der Waals surface area contributed by atoms with Gasteiger partial charge in [-0.05, 0) is 38.0 Å². The van der Waals surface area contributed by atoms with Crippen LogP contribution in [0.4, 0.5) is 0 Å². The molecule has 0 saturated carbocycles. The van der Waals surface area contributed by atoms with E-state index in [4.69, 9.17) is 5.11 Å². The van der Waals surface area contributed by atoms with E-state index in [-0.39, 0.29) is 11.3 Å². The van der Waals surface area contributed by atoms with Gasteiger partial charge in [0.25, 0.3) is 0 Å². The minimum absolute atomic E-state index is 0.0302. The molecule has 1 unspecified atom stereocenters. The Hall–Kier alpha value is -1.36. The van der Waals surface area contributed by atoms with Crippen molar-refractivity contribution < 1.29 is 18.3 Å². The Kier molecular flexibility index (Phi) is 2.54. The number of rotatable bonds is 1. The second-order valence-electron chi connectivity index (χ2n) is 4.61. The van der Waals surface area contributed by atoms with Gasteiger partial charge in [0.1, 0.15) is 5.25 Å². The third-order valence-electron chi connectivity index (χ3n) is 3.32. The summed E-state index contributed by atoms with van der Waals surface area (Å²) in [5.74, 6) is -0.979. The Morgan fingerprint density at radius 1 is 1.35 bits per heavy atom. The number of carbonyl (C=O) groups is 1. The molecule has 92 valence electrons. The van der Waals surface area contributed by atoms with Gasteiger partial charge in [-0.15, -0.1) is 0 Å². The minimum Gasteiger partial charge on any atom is -0.478 e. The van der Waals surface area contributed by atoms with Crippen molar-refractivity contribution in [2.45, 2.75) is 26.0 Å². The molecule has 17 heavy (non-hydrogen) atoms. The van der Waals surface area contributed by atoms with E-state index in [0.717, 1.165) is 5.57 Å². The zero-order valence-electron chi connectivity index (χ0n) is 9.94.